The van der Waals surface area contributed by atoms with Crippen LogP contribution in [0.5, 0.6) is 0 Å². The summed E-state index contributed by atoms with van der Waals surface area (Å²) >= 11 is 1.37. The van der Waals surface area contributed by atoms with Crippen molar-refractivity contribution in [2.45, 2.75) is 13.5 Å². The third-order valence-corrected chi connectivity index (χ3v) is 3.21. The summed E-state index contributed by atoms with van der Waals surface area (Å²) in [5, 5.41) is 10.5. The normalized spacial score (nSPS) is 10.2. The molecule has 1 heterocycles. The first-order valence-electron chi connectivity index (χ1n) is 5.38. The molecule has 0 spiro atoms. The first-order valence-corrected chi connectivity index (χ1v) is 6.26. The van der Waals surface area contributed by atoms with E-state index in [4.69, 9.17) is 4.74 Å². The number of nitro benzene ring substituents is 1. The molecule has 2 aromatic rings. The van der Waals surface area contributed by atoms with Gasteiger partial charge >= 0.3 is 5.97 Å². The highest BCUT2D eigenvalue weighted by Gasteiger charge is 2.13. The summed E-state index contributed by atoms with van der Waals surface area (Å²) in [4.78, 5) is 26.4. The molecule has 19 heavy (non-hydrogen) atoms. The Morgan fingerprint density at radius 1 is 1.42 bits per heavy atom. The largest absolute Gasteiger partial charge is 0.456 e. The second-order valence-corrected chi connectivity index (χ2v) is 4.82. The molecular formula is C12H10N2O4S. The molecule has 0 N–H and O–H groups in total. The maximum Gasteiger partial charge on any atom is 0.358 e. The van der Waals surface area contributed by atoms with Gasteiger partial charge in [-0.15, -0.1) is 11.3 Å². The lowest BCUT2D eigenvalue weighted by Gasteiger charge is -2.03. The quantitative estimate of drug-likeness (QED) is 0.488. The summed E-state index contributed by atoms with van der Waals surface area (Å²) in [7, 11) is 0. The summed E-state index contributed by atoms with van der Waals surface area (Å²) in [5.41, 5.74) is 2.59. The van der Waals surface area contributed by atoms with Gasteiger partial charge in [0.15, 0.2) is 5.69 Å². The second kappa shape index (κ2) is 5.57. The fourth-order valence-corrected chi connectivity index (χ4v) is 2.00. The van der Waals surface area contributed by atoms with Gasteiger partial charge in [-0.25, -0.2) is 9.78 Å². The Kier molecular flexibility index (Phi) is 3.86. The number of ether oxygens (including phenoxy) is 1. The molecule has 0 atom stereocenters. The molecule has 2 rings (SSSR count). The number of carbonyl (C=O) groups is 1. The van der Waals surface area contributed by atoms with Crippen molar-refractivity contribution < 1.29 is 14.5 Å². The Hall–Kier alpha value is -2.28. The molecule has 6 nitrogen and oxygen atoms in total. The van der Waals surface area contributed by atoms with Gasteiger partial charge in [-0.05, 0) is 24.6 Å². The molecule has 0 fully saturated rings. The smallest absolute Gasteiger partial charge is 0.358 e. The molecule has 0 bridgehead atoms. The SMILES string of the molecule is Cc1scnc1C(=O)OCc1ccc([N+](=O)[O-])cc1. The van der Waals surface area contributed by atoms with Crippen LogP contribution >= 0.6 is 11.3 Å². The van der Waals surface area contributed by atoms with Crippen LogP contribution in [0.3, 0.4) is 0 Å². The van der Waals surface area contributed by atoms with E-state index >= 15 is 0 Å². The van der Waals surface area contributed by atoms with E-state index in [1.54, 1.807) is 24.6 Å². The minimum atomic E-state index is -0.489. The molecule has 1 aromatic carbocycles. The number of nitro groups is 1. The van der Waals surface area contributed by atoms with E-state index in [0.717, 1.165) is 4.88 Å². The van der Waals surface area contributed by atoms with E-state index < -0.39 is 10.9 Å². The van der Waals surface area contributed by atoms with Crippen LogP contribution in [0.1, 0.15) is 20.9 Å². The van der Waals surface area contributed by atoms with Crippen molar-refractivity contribution in [2.24, 2.45) is 0 Å². The van der Waals surface area contributed by atoms with E-state index in [9.17, 15) is 14.9 Å². The summed E-state index contributed by atoms with van der Waals surface area (Å²) < 4.78 is 5.09. The fourth-order valence-electron chi connectivity index (χ4n) is 1.43. The molecule has 0 amide bonds. The number of benzene rings is 1. The Bertz CT molecular complexity index is 606. The zero-order chi connectivity index (χ0) is 13.8. The summed E-state index contributed by atoms with van der Waals surface area (Å²) in [6.45, 7) is 1.86. The Morgan fingerprint density at radius 2 is 2.11 bits per heavy atom. The van der Waals surface area contributed by atoms with Gasteiger partial charge in [0.1, 0.15) is 6.61 Å². The van der Waals surface area contributed by atoms with Crippen molar-refractivity contribution in [1.29, 1.82) is 0 Å². The van der Waals surface area contributed by atoms with Crippen molar-refractivity contribution in [3.05, 3.63) is 56.0 Å². The molecular weight excluding hydrogens is 268 g/mol. The summed E-state index contributed by atoms with van der Waals surface area (Å²) in [5.74, 6) is -0.489. The molecule has 0 saturated carbocycles. The Morgan fingerprint density at radius 3 is 2.63 bits per heavy atom. The van der Waals surface area contributed by atoms with Crippen LogP contribution in [0.2, 0.25) is 0 Å². The van der Waals surface area contributed by atoms with Gasteiger partial charge in [0.05, 0.1) is 10.4 Å². The topological polar surface area (TPSA) is 82.3 Å². The first-order chi connectivity index (χ1) is 9.08. The van der Waals surface area contributed by atoms with Crippen LogP contribution < -0.4 is 0 Å². The van der Waals surface area contributed by atoms with Crippen molar-refractivity contribution in [3.8, 4) is 0 Å². The Balaban J connectivity index is 1.97. The maximum absolute atomic E-state index is 11.7. The number of nitrogens with zero attached hydrogens (tertiary/aromatic N) is 2. The van der Waals surface area contributed by atoms with E-state index in [1.807, 2.05) is 0 Å². The zero-order valence-corrected chi connectivity index (χ0v) is 10.8. The van der Waals surface area contributed by atoms with Crippen LogP contribution in [0.4, 0.5) is 5.69 Å². The number of esters is 1. The minimum absolute atomic E-state index is 0.00502. The van der Waals surface area contributed by atoms with Crippen LogP contribution in [0.25, 0.3) is 0 Å². The molecule has 98 valence electrons. The molecule has 1 aromatic heterocycles. The van der Waals surface area contributed by atoms with Crippen LogP contribution in [0.15, 0.2) is 29.8 Å². The third-order valence-electron chi connectivity index (χ3n) is 2.46. The van der Waals surface area contributed by atoms with Crippen molar-refractivity contribution in [2.75, 3.05) is 0 Å². The predicted molar refractivity (Wildman–Crippen MR) is 69.1 cm³/mol. The van der Waals surface area contributed by atoms with E-state index in [0.29, 0.717) is 11.3 Å². The highest BCUT2D eigenvalue weighted by Crippen LogP contribution is 2.15. The Labute approximate surface area is 112 Å². The molecule has 0 unspecified atom stereocenters. The predicted octanol–water partition coefficient (Wildman–Crippen LogP) is 2.72. The highest BCUT2D eigenvalue weighted by molar-refractivity contribution is 7.09. The fraction of sp³-hybridized carbons (Fsp3) is 0.167. The number of hydrogen-bond donors (Lipinski definition) is 0. The lowest BCUT2D eigenvalue weighted by molar-refractivity contribution is -0.384. The molecule has 0 aliphatic heterocycles. The molecule has 0 saturated heterocycles. The molecule has 7 heteroatoms. The van der Waals surface area contributed by atoms with Gasteiger partial charge in [0.2, 0.25) is 0 Å². The van der Waals surface area contributed by atoms with Crippen LogP contribution in [-0.2, 0) is 11.3 Å². The molecule has 0 aliphatic rings. The van der Waals surface area contributed by atoms with E-state index in [1.165, 1.54) is 23.5 Å². The molecule has 0 radical (unpaired) electrons. The number of thiazole rings is 1. The lowest BCUT2D eigenvalue weighted by Crippen LogP contribution is -2.06. The number of carbonyl (C=O) groups excluding carboxylic acids is 1. The van der Waals surface area contributed by atoms with Gasteiger partial charge in [-0.1, -0.05) is 0 Å². The number of aryl methyl sites for hydroxylation is 1. The van der Waals surface area contributed by atoms with E-state index in [2.05, 4.69) is 4.98 Å². The van der Waals surface area contributed by atoms with Crippen LogP contribution in [0, 0.1) is 17.0 Å². The van der Waals surface area contributed by atoms with Crippen molar-refractivity contribution >= 4 is 23.0 Å². The summed E-state index contributed by atoms with van der Waals surface area (Å²) in [6, 6.07) is 5.85. The minimum Gasteiger partial charge on any atom is -0.456 e. The number of rotatable bonds is 4. The van der Waals surface area contributed by atoms with Crippen molar-refractivity contribution in [3.63, 3.8) is 0 Å². The van der Waals surface area contributed by atoms with Gasteiger partial charge in [-0.2, -0.15) is 0 Å². The average Bonchev–Trinajstić information content (AvgIpc) is 2.83. The van der Waals surface area contributed by atoms with Crippen LogP contribution in [-0.4, -0.2) is 15.9 Å². The zero-order valence-electron chi connectivity index (χ0n) is 10.0. The number of aromatic nitrogens is 1. The van der Waals surface area contributed by atoms with Gasteiger partial charge in [0.25, 0.3) is 5.69 Å². The van der Waals surface area contributed by atoms with E-state index in [-0.39, 0.29) is 12.3 Å². The van der Waals surface area contributed by atoms with Gasteiger partial charge < -0.3 is 4.74 Å². The first kappa shape index (κ1) is 13.2. The number of non-ortho nitro benzene ring substituents is 1. The molecule has 0 aliphatic carbocycles. The van der Waals surface area contributed by atoms with Gasteiger partial charge in [-0.3, -0.25) is 10.1 Å². The lowest BCUT2D eigenvalue weighted by atomic mass is 10.2. The van der Waals surface area contributed by atoms with Crippen molar-refractivity contribution in [1.82, 2.24) is 4.98 Å². The standard InChI is InChI=1S/C12H10N2O4S/c1-8-11(13-7-19-8)12(15)18-6-9-2-4-10(5-3-9)14(16)17/h2-5,7H,6H2,1H3. The van der Waals surface area contributed by atoms with Gasteiger partial charge in [0, 0.05) is 17.0 Å². The summed E-state index contributed by atoms with van der Waals surface area (Å²) in [6.07, 6.45) is 0. The maximum atomic E-state index is 11.7. The number of hydrogen-bond acceptors (Lipinski definition) is 6. The monoisotopic (exact) mass is 278 g/mol. The third kappa shape index (κ3) is 3.14. The highest BCUT2D eigenvalue weighted by atomic mass is 32.1. The second-order valence-electron chi connectivity index (χ2n) is 3.76. The average molecular weight is 278 g/mol.